The van der Waals surface area contributed by atoms with Gasteiger partial charge in [0.1, 0.15) is 5.92 Å². The van der Waals surface area contributed by atoms with Gasteiger partial charge in [0, 0.05) is 36.2 Å². The first-order chi connectivity index (χ1) is 17.8. The van der Waals surface area contributed by atoms with Crippen molar-refractivity contribution in [2.24, 2.45) is 0 Å². The molecule has 4 heterocycles. The van der Waals surface area contributed by atoms with Gasteiger partial charge in [0.2, 0.25) is 11.4 Å². The second kappa shape index (κ2) is 8.57. The van der Waals surface area contributed by atoms with E-state index in [1.807, 2.05) is 0 Å². The molecule has 2 heteroatoms. The molecule has 2 aliphatic heterocycles. The summed E-state index contributed by atoms with van der Waals surface area (Å²) in [5, 5.41) is 0. The highest BCUT2D eigenvalue weighted by Gasteiger charge is 2.43. The van der Waals surface area contributed by atoms with Gasteiger partial charge in [0.05, 0.1) is 5.56 Å². The van der Waals surface area contributed by atoms with Crippen LogP contribution in [0.2, 0.25) is 0 Å². The molecule has 0 fully saturated rings. The fourth-order valence-corrected chi connectivity index (χ4v) is 6.48. The van der Waals surface area contributed by atoms with Crippen LogP contribution in [-0.4, -0.2) is 0 Å². The smallest absolute Gasteiger partial charge is 0.197 e. The first-order valence-electron chi connectivity index (χ1n) is 13.1. The van der Waals surface area contributed by atoms with E-state index in [2.05, 4.69) is 132 Å². The number of aryl methyl sites for hydroxylation is 2. The molecular weight excluding hydrogens is 436 g/mol. The molecule has 3 aromatic carbocycles. The maximum absolute atomic E-state index is 2.54. The molecule has 2 nitrogen and oxygen atoms in total. The number of hydrogen-bond acceptors (Lipinski definition) is 0. The third-order valence-electron chi connectivity index (χ3n) is 8.24. The fourth-order valence-electron chi connectivity index (χ4n) is 6.48. The number of aromatic nitrogens is 2. The van der Waals surface area contributed by atoms with Gasteiger partial charge in [0.15, 0.2) is 25.0 Å². The van der Waals surface area contributed by atoms with Crippen molar-refractivity contribution >= 4 is 0 Å². The summed E-state index contributed by atoms with van der Waals surface area (Å²) in [6, 6.07) is 38.5. The normalized spacial score (nSPS) is 17.8. The predicted molar refractivity (Wildman–Crippen MR) is 144 cm³/mol. The summed E-state index contributed by atoms with van der Waals surface area (Å²) in [7, 11) is 0. The van der Waals surface area contributed by atoms with Gasteiger partial charge in [0.25, 0.3) is 0 Å². The zero-order chi connectivity index (χ0) is 24.1. The second-order valence-electron chi connectivity index (χ2n) is 10.2. The Morgan fingerprint density at radius 2 is 1.42 bits per heavy atom. The van der Waals surface area contributed by atoms with Gasteiger partial charge >= 0.3 is 0 Å². The van der Waals surface area contributed by atoms with Gasteiger partial charge in [-0.05, 0) is 59.4 Å². The molecule has 0 bridgehead atoms. The summed E-state index contributed by atoms with van der Waals surface area (Å²) in [5.41, 5.74) is 12.2. The van der Waals surface area contributed by atoms with E-state index >= 15 is 0 Å². The summed E-state index contributed by atoms with van der Waals surface area (Å²) < 4.78 is 5.05. The SMILES string of the molecule is Cc1ccccc1-c1cc[n+]2c(c1)-c1ccccc1CCC1C(C2)c2ccccc2-c2cccc[n+]21. The Hall–Kier alpha value is -4.04. The zero-order valence-corrected chi connectivity index (χ0v) is 20.6. The van der Waals surface area contributed by atoms with E-state index in [0.717, 1.165) is 19.4 Å². The van der Waals surface area contributed by atoms with Crippen LogP contribution < -0.4 is 9.13 Å². The summed E-state index contributed by atoms with van der Waals surface area (Å²) in [4.78, 5) is 0. The molecular formula is C34H30N2+2. The van der Waals surface area contributed by atoms with Crippen molar-refractivity contribution in [3.63, 3.8) is 0 Å². The van der Waals surface area contributed by atoms with E-state index < -0.39 is 0 Å². The number of rotatable bonds is 1. The number of pyridine rings is 2. The highest BCUT2D eigenvalue weighted by atomic mass is 15.0. The Morgan fingerprint density at radius 3 is 2.31 bits per heavy atom. The standard InChI is InChI=1S/C34H30N2/c1-24-10-2-4-12-27(24)26-19-21-35-23-31-29-14-6-7-15-30(29)32-16-8-9-20-36(32)33(31)18-17-25-11-3-5-13-28(25)34(35)22-26/h2-16,19-22,31,33H,17-18,23H2,1H3/q+2. The van der Waals surface area contributed by atoms with Gasteiger partial charge in [-0.25, -0.2) is 0 Å². The maximum atomic E-state index is 2.54. The third-order valence-corrected chi connectivity index (χ3v) is 8.24. The van der Waals surface area contributed by atoms with Gasteiger partial charge < -0.3 is 0 Å². The largest absolute Gasteiger partial charge is 0.213 e. The quantitative estimate of drug-likeness (QED) is 0.239. The van der Waals surface area contributed by atoms with Gasteiger partial charge in [-0.15, -0.1) is 0 Å². The lowest BCUT2D eigenvalue weighted by Crippen LogP contribution is -2.51. The van der Waals surface area contributed by atoms with E-state index in [9.17, 15) is 0 Å². The van der Waals surface area contributed by atoms with Crippen LogP contribution in [0.15, 0.2) is 116 Å². The zero-order valence-electron chi connectivity index (χ0n) is 20.6. The molecule has 0 spiro atoms. The van der Waals surface area contributed by atoms with Crippen molar-refractivity contribution in [1.29, 1.82) is 0 Å². The molecule has 2 aromatic heterocycles. The topological polar surface area (TPSA) is 7.76 Å². The average Bonchev–Trinajstić information content (AvgIpc) is 3.00. The molecule has 0 radical (unpaired) electrons. The van der Waals surface area contributed by atoms with E-state index in [4.69, 9.17) is 0 Å². The minimum atomic E-state index is 0.406. The lowest BCUT2D eigenvalue weighted by atomic mass is 9.80. The molecule has 0 amide bonds. The highest BCUT2D eigenvalue weighted by molar-refractivity contribution is 5.72. The van der Waals surface area contributed by atoms with Crippen molar-refractivity contribution in [3.8, 4) is 33.6 Å². The maximum Gasteiger partial charge on any atom is 0.213 e. The van der Waals surface area contributed by atoms with Crippen molar-refractivity contribution in [1.82, 2.24) is 0 Å². The fraction of sp³-hybridized carbons (Fsp3) is 0.176. The molecule has 2 aliphatic rings. The van der Waals surface area contributed by atoms with Crippen LogP contribution in [0.25, 0.3) is 33.6 Å². The monoisotopic (exact) mass is 466 g/mol. The van der Waals surface area contributed by atoms with Crippen LogP contribution in [0.3, 0.4) is 0 Å². The van der Waals surface area contributed by atoms with Crippen LogP contribution >= 0.6 is 0 Å². The second-order valence-corrected chi connectivity index (χ2v) is 10.2. The number of hydrogen-bond donors (Lipinski definition) is 0. The molecule has 7 rings (SSSR count). The minimum absolute atomic E-state index is 0.406. The highest BCUT2D eigenvalue weighted by Crippen LogP contribution is 2.41. The third kappa shape index (κ3) is 3.40. The van der Waals surface area contributed by atoms with Crippen LogP contribution in [0.1, 0.15) is 35.1 Å². The van der Waals surface area contributed by atoms with E-state index in [0.29, 0.717) is 12.0 Å². The Balaban J connectivity index is 1.44. The van der Waals surface area contributed by atoms with Crippen LogP contribution in [0, 0.1) is 6.92 Å². The average molecular weight is 467 g/mol. The van der Waals surface area contributed by atoms with Crippen molar-refractivity contribution < 1.29 is 9.13 Å². The summed E-state index contributed by atoms with van der Waals surface area (Å²) in [6.07, 6.45) is 6.80. The van der Waals surface area contributed by atoms with Crippen LogP contribution in [0.4, 0.5) is 0 Å². The Bertz CT molecular complexity index is 1600. The van der Waals surface area contributed by atoms with E-state index in [-0.39, 0.29) is 0 Å². The van der Waals surface area contributed by atoms with E-state index in [1.54, 1.807) is 0 Å². The number of benzene rings is 3. The first-order valence-corrected chi connectivity index (χ1v) is 13.1. The number of nitrogens with zero attached hydrogens (tertiary/aromatic N) is 2. The number of fused-ring (bicyclic) bond motifs is 9. The molecule has 2 atom stereocenters. The molecule has 0 N–H and O–H groups in total. The van der Waals surface area contributed by atoms with Crippen molar-refractivity contribution in [3.05, 3.63) is 132 Å². The lowest BCUT2D eigenvalue weighted by Gasteiger charge is -2.28. The Morgan fingerprint density at radius 1 is 0.667 bits per heavy atom. The summed E-state index contributed by atoms with van der Waals surface area (Å²) >= 11 is 0. The van der Waals surface area contributed by atoms with Crippen LogP contribution in [0.5, 0.6) is 0 Å². The molecule has 0 aliphatic carbocycles. The molecule has 0 saturated heterocycles. The molecule has 36 heavy (non-hydrogen) atoms. The molecule has 0 saturated carbocycles. The summed E-state index contributed by atoms with van der Waals surface area (Å²) in [6.45, 7) is 3.16. The molecule has 174 valence electrons. The molecule has 5 aromatic rings. The Labute approximate surface area is 213 Å². The molecule has 2 unspecified atom stereocenters. The Kier molecular flexibility index (Phi) is 5.06. The lowest BCUT2D eigenvalue weighted by molar-refractivity contribution is -0.741. The van der Waals surface area contributed by atoms with Crippen molar-refractivity contribution in [2.45, 2.75) is 38.3 Å². The van der Waals surface area contributed by atoms with Gasteiger partial charge in [-0.3, -0.25) is 0 Å². The van der Waals surface area contributed by atoms with Crippen LogP contribution in [-0.2, 0) is 13.0 Å². The van der Waals surface area contributed by atoms with Gasteiger partial charge in [-0.2, -0.15) is 9.13 Å². The minimum Gasteiger partial charge on any atom is -0.197 e. The van der Waals surface area contributed by atoms with Gasteiger partial charge in [-0.1, -0.05) is 60.7 Å². The van der Waals surface area contributed by atoms with Crippen molar-refractivity contribution in [2.75, 3.05) is 0 Å². The van der Waals surface area contributed by atoms with E-state index in [1.165, 1.54) is 50.3 Å². The predicted octanol–water partition coefficient (Wildman–Crippen LogP) is 6.86. The first kappa shape index (κ1) is 21.3. The summed E-state index contributed by atoms with van der Waals surface area (Å²) in [5.74, 6) is 0.406.